The second kappa shape index (κ2) is 9.41. The van der Waals surface area contributed by atoms with Crippen LogP contribution in [0.25, 0.3) is 0 Å². The van der Waals surface area contributed by atoms with E-state index in [4.69, 9.17) is 18.9 Å². The molecule has 0 bridgehead atoms. The normalized spacial score (nSPS) is 21.1. The maximum atomic E-state index is 13.4. The average Bonchev–Trinajstić information content (AvgIpc) is 2.74. The third-order valence-corrected chi connectivity index (χ3v) is 6.82. The lowest BCUT2D eigenvalue weighted by atomic mass is 9.65. The Morgan fingerprint density at radius 3 is 2.00 bits per heavy atom. The van der Waals surface area contributed by atoms with Gasteiger partial charge in [0.15, 0.2) is 29.7 Å². The van der Waals surface area contributed by atoms with Crippen LogP contribution < -0.4 is 9.47 Å². The Bertz CT molecular complexity index is 1110. The van der Waals surface area contributed by atoms with E-state index in [1.807, 2.05) is 6.07 Å². The zero-order chi connectivity index (χ0) is 26.4. The predicted octanol–water partition coefficient (Wildman–Crippen LogP) is 5.43. The smallest absolute Gasteiger partial charge is 0.344 e. The Balaban J connectivity index is 1.76. The van der Waals surface area contributed by atoms with E-state index < -0.39 is 11.9 Å². The number of carbonyl (C=O) groups excluding carboxylic acids is 3. The van der Waals surface area contributed by atoms with Gasteiger partial charge in [-0.3, -0.25) is 9.59 Å². The van der Waals surface area contributed by atoms with Gasteiger partial charge in [-0.25, -0.2) is 4.79 Å². The van der Waals surface area contributed by atoms with Crippen molar-refractivity contribution in [2.45, 2.75) is 79.2 Å². The quantitative estimate of drug-likeness (QED) is 0.486. The molecular weight excluding hydrogens is 460 g/mol. The van der Waals surface area contributed by atoms with Crippen molar-refractivity contribution >= 4 is 17.5 Å². The van der Waals surface area contributed by atoms with Crippen LogP contribution in [0.1, 0.15) is 78.7 Å². The van der Waals surface area contributed by atoms with Crippen molar-refractivity contribution in [1.82, 2.24) is 0 Å². The summed E-state index contributed by atoms with van der Waals surface area (Å²) < 4.78 is 22.7. The lowest BCUT2D eigenvalue weighted by molar-refractivity contribution is -0.149. The van der Waals surface area contributed by atoms with Crippen LogP contribution in [0, 0.1) is 10.8 Å². The minimum absolute atomic E-state index is 0.00570. The van der Waals surface area contributed by atoms with Gasteiger partial charge in [-0.2, -0.15) is 0 Å². The Kier molecular flexibility index (Phi) is 6.80. The maximum Gasteiger partial charge on any atom is 0.344 e. The van der Waals surface area contributed by atoms with E-state index in [0.717, 1.165) is 5.56 Å². The predicted molar refractivity (Wildman–Crippen MR) is 134 cm³/mol. The third kappa shape index (κ3) is 5.20. The van der Waals surface area contributed by atoms with E-state index >= 15 is 0 Å². The Morgan fingerprint density at radius 1 is 0.944 bits per heavy atom. The van der Waals surface area contributed by atoms with Crippen molar-refractivity contribution in [3.05, 3.63) is 46.4 Å². The number of hydrogen-bond acceptors (Lipinski definition) is 7. The van der Waals surface area contributed by atoms with Crippen molar-refractivity contribution < 1.29 is 33.3 Å². The topological polar surface area (TPSA) is 88.1 Å². The van der Waals surface area contributed by atoms with Gasteiger partial charge in [-0.1, -0.05) is 33.8 Å². The molecule has 7 nitrogen and oxygen atoms in total. The molecule has 4 rings (SSSR count). The summed E-state index contributed by atoms with van der Waals surface area (Å²) in [4.78, 5) is 38.8. The monoisotopic (exact) mass is 496 g/mol. The highest BCUT2D eigenvalue weighted by Gasteiger charge is 2.47. The summed E-state index contributed by atoms with van der Waals surface area (Å²) in [6.07, 6.45) is 1.81. The van der Waals surface area contributed by atoms with Crippen LogP contribution >= 0.6 is 0 Å². The van der Waals surface area contributed by atoms with Crippen molar-refractivity contribution in [2.75, 3.05) is 13.7 Å². The first-order chi connectivity index (χ1) is 16.8. The van der Waals surface area contributed by atoms with Crippen molar-refractivity contribution in [3.8, 4) is 11.5 Å². The van der Waals surface area contributed by atoms with Crippen LogP contribution in [0.2, 0.25) is 0 Å². The van der Waals surface area contributed by atoms with Crippen LogP contribution in [0.4, 0.5) is 0 Å². The molecule has 7 heteroatoms. The third-order valence-electron chi connectivity index (χ3n) is 6.82. The maximum absolute atomic E-state index is 13.4. The van der Waals surface area contributed by atoms with Gasteiger partial charge in [0.2, 0.25) is 0 Å². The Morgan fingerprint density at radius 2 is 1.50 bits per heavy atom. The van der Waals surface area contributed by atoms with Gasteiger partial charge >= 0.3 is 5.97 Å². The number of allylic oxidation sites excluding steroid dienone is 4. The summed E-state index contributed by atoms with van der Waals surface area (Å²) in [5, 5.41) is 0. The number of carbonyl (C=O) groups is 3. The molecule has 0 amide bonds. The van der Waals surface area contributed by atoms with Gasteiger partial charge in [-0.15, -0.1) is 0 Å². The molecule has 0 fully saturated rings. The summed E-state index contributed by atoms with van der Waals surface area (Å²) in [5.41, 5.74) is 1.46. The molecule has 0 N–H and O–H groups in total. The molecular formula is C29H36O7. The molecule has 1 heterocycles. The van der Waals surface area contributed by atoms with Gasteiger partial charge in [0.05, 0.1) is 13.2 Å². The molecule has 0 atom stereocenters. The second-order valence-corrected chi connectivity index (χ2v) is 11.8. The molecule has 1 aliphatic heterocycles. The molecule has 1 aromatic carbocycles. The molecule has 2 aliphatic carbocycles. The van der Waals surface area contributed by atoms with Crippen molar-refractivity contribution in [1.29, 1.82) is 0 Å². The van der Waals surface area contributed by atoms with Crippen molar-refractivity contribution in [2.24, 2.45) is 10.8 Å². The van der Waals surface area contributed by atoms with Gasteiger partial charge in [0, 0.05) is 42.7 Å². The SMILES string of the molecule is COc1cc(C2C3=C(CC(C)(C)CC3=O)OC3=C2C(=O)CC(C)(C)C3)ccc1OCC(=O)OC(C)C. The lowest BCUT2D eigenvalue weighted by Gasteiger charge is -2.42. The molecule has 0 spiro atoms. The zero-order valence-electron chi connectivity index (χ0n) is 22.3. The minimum Gasteiger partial charge on any atom is -0.493 e. The van der Waals surface area contributed by atoms with Crippen LogP contribution in [-0.4, -0.2) is 37.4 Å². The molecule has 1 aromatic rings. The molecule has 3 aliphatic rings. The number of rotatable bonds is 6. The Labute approximate surface area is 212 Å². The van der Waals surface area contributed by atoms with Gasteiger partial charge in [0.1, 0.15) is 11.5 Å². The molecule has 194 valence electrons. The number of ketones is 2. The highest BCUT2D eigenvalue weighted by atomic mass is 16.6. The van der Waals surface area contributed by atoms with Crippen molar-refractivity contribution in [3.63, 3.8) is 0 Å². The molecule has 0 radical (unpaired) electrons. The van der Waals surface area contributed by atoms with Gasteiger partial charge in [-0.05, 0) is 42.4 Å². The molecule has 36 heavy (non-hydrogen) atoms. The van der Waals surface area contributed by atoms with E-state index in [-0.39, 0.29) is 35.1 Å². The lowest BCUT2D eigenvalue weighted by Crippen LogP contribution is -2.37. The minimum atomic E-state index is -0.523. The van der Waals surface area contributed by atoms with E-state index in [2.05, 4.69) is 27.7 Å². The Hall–Kier alpha value is -3.09. The number of ether oxygens (including phenoxy) is 4. The first-order valence-corrected chi connectivity index (χ1v) is 12.5. The largest absolute Gasteiger partial charge is 0.493 e. The first-order valence-electron chi connectivity index (χ1n) is 12.5. The number of hydrogen-bond donors (Lipinski definition) is 0. The van der Waals surface area contributed by atoms with Crippen LogP contribution in [0.5, 0.6) is 11.5 Å². The van der Waals surface area contributed by atoms with E-state index in [0.29, 0.717) is 59.8 Å². The van der Waals surface area contributed by atoms with Crippen LogP contribution in [0.15, 0.2) is 40.9 Å². The fourth-order valence-corrected chi connectivity index (χ4v) is 5.42. The van der Waals surface area contributed by atoms with Crippen LogP contribution in [-0.2, 0) is 23.9 Å². The van der Waals surface area contributed by atoms with E-state index in [9.17, 15) is 14.4 Å². The number of methoxy groups -OCH3 is 1. The standard InChI is InChI=1S/C29H36O7/c1-16(2)35-24(32)15-34-20-9-8-17(10-21(20)33-7)25-26-18(30)11-28(3,4)13-22(26)36-23-14-29(5,6)12-19(31)27(23)25/h8-10,16,25H,11-15H2,1-7H3. The summed E-state index contributed by atoms with van der Waals surface area (Å²) in [5.74, 6) is 1.14. The summed E-state index contributed by atoms with van der Waals surface area (Å²) in [6, 6.07) is 5.33. The summed E-state index contributed by atoms with van der Waals surface area (Å²) in [6.45, 7) is 11.5. The number of Topliss-reactive ketones (excluding diaryl/α,β-unsaturated/α-hetero) is 2. The molecule has 0 saturated heterocycles. The first kappa shape index (κ1) is 26.0. The average molecular weight is 497 g/mol. The fourth-order valence-electron chi connectivity index (χ4n) is 5.42. The molecule has 0 aromatic heterocycles. The molecule has 0 saturated carbocycles. The number of esters is 1. The number of benzene rings is 1. The van der Waals surface area contributed by atoms with E-state index in [1.165, 1.54) is 7.11 Å². The van der Waals surface area contributed by atoms with E-state index in [1.54, 1.807) is 26.0 Å². The summed E-state index contributed by atoms with van der Waals surface area (Å²) >= 11 is 0. The van der Waals surface area contributed by atoms with Gasteiger partial charge < -0.3 is 18.9 Å². The highest BCUT2D eigenvalue weighted by Crippen LogP contribution is 2.53. The summed E-state index contributed by atoms with van der Waals surface area (Å²) in [7, 11) is 1.51. The van der Waals surface area contributed by atoms with Gasteiger partial charge in [0.25, 0.3) is 0 Å². The fraction of sp³-hybridized carbons (Fsp3) is 0.552. The molecule has 0 unspecified atom stereocenters. The highest BCUT2D eigenvalue weighted by molar-refractivity contribution is 6.06. The zero-order valence-corrected chi connectivity index (χ0v) is 22.3. The second-order valence-electron chi connectivity index (χ2n) is 11.8. The van der Waals surface area contributed by atoms with Crippen LogP contribution in [0.3, 0.4) is 0 Å².